The van der Waals surface area contributed by atoms with E-state index in [0.717, 1.165) is 38.0 Å². The molecule has 0 aromatic carbocycles. The van der Waals surface area contributed by atoms with E-state index in [0.29, 0.717) is 47.3 Å². The summed E-state index contributed by atoms with van der Waals surface area (Å²) < 4.78 is 27.1. The first-order valence-electron chi connectivity index (χ1n) is 22.2. The molecule has 0 amide bonds. The molecule has 0 radical (unpaired) electrons. The van der Waals surface area contributed by atoms with Crippen LogP contribution in [-0.2, 0) is 18.9 Å². The van der Waals surface area contributed by atoms with Gasteiger partial charge in [-0.15, -0.1) is 0 Å². The van der Waals surface area contributed by atoms with Crippen LogP contribution in [0.5, 0.6) is 0 Å². The van der Waals surface area contributed by atoms with Crippen molar-refractivity contribution in [3.05, 3.63) is 0 Å². The van der Waals surface area contributed by atoms with Gasteiger partial charge in [0.1, 0.15) is 6.10 Å². The molecule has 1 unspecified atom stereocenters. The van der Waals surface area contributed by atoms with Crippen molar-refractivity contribution < 1.29 is 24.1 Å². The Bertz CT molecular complexity index is 1310. The summed E-state index contributed by atoms with van der Waals surface area (Å²) in [5.41, 5.74) is 0.688. The van der Waals surface area contributed by atoms with Crippen molar-refractivity contribution in [1.82, 2.24) is 9.80 Å². The van der Waals surface area contributed by atoms with Crippen molar-refractivity contribution >= 4 is 0 Å². The lowest BCUT2D eigenvalue weighted by Gasteiger charge is -2.64. The Kier molecular flexibility index (Phi) is 9.74. The molecule has 0 aromatic rings. The minimum atomic E-state index is -0.931. The van der Waals surface area contributed by atoms with Gasteiger partial charge in [0.2, 0.25) is 0 Å². The first kappa shape index (κ1) is 38.6. The Morgan fingerprint density at radius 2 is 1.65 bits per heavy atom. The van der Waals surface area contributed by atoms with Gasteiger partial charge in [-0.1, -0.05) is 48.0 Å². The van der Waals surface area contributed by atoms with Crippen LogP contribution in [0.3, 0.4) is 0 Å². The number of nitrogens with zero attached hydrogens (tertiary/aromatic N) is 2. The summed E-state index contributed by atoms with van der Waals surface area (Å²) in [5.74, 6) is 3.17. The maximum absolute atomic E-state index is 11.3. The molecule has 7 nitrogen and oxygen atoms in total. The number of fused-ring (bicyclic) bond motifs is 4. The van der Waals surface area contributed by atoms with E-state index in [1.165, 1.54) is 70.9 Å². The molecule has 5 saturated carbocycles. The number of rotatable bonds is 10. The number of likely N-dealkylation sites (tertiary alicyclic amines) is 1. The summed E-state index contributed by atoms with van der Waals surface area (Å²) in [5, 5.41) is 11.3. The van der Waals surface area contributed by atoms with Crippen LogP contribution in [0.4, 0.5) is 0 Å². The van der Waals surface area contributed by atoms with Gasteiger partial charge >= 0.3 is 0 Å². The fourth-order valence-electron chi connectivity index (χ4n) is 16.1. The number of ether oxygens (including phenoxy) is 4. The summed E-state index contributed by atoms with van der Waals surface area (Å²) in [6, 6.07) is 1.29. The highest BCUT2D eigenvalue weighted by Crippen LogP contribution is 2.90. The number of hydrogen-bond acceptors (Lipinski definition) is 7. The molecular weight excluding hydrogens is 649 g/mol. The van der Waals surface area contributed by atoms with E-state index in [2.05, 4.69) is 72.1 Å². The zero-order valence-electron chi connectivity index (χ0n) is 35.2. The van der Waals surface area contributed by atoms with Crippen LogP contribution in [-0.4, -0.2) is 103 Å². The molecule has 14 atom stereocenters. The van der Waals surface area contributed by atoms with Crippen molar-refractivity contribution in [3.8, 4) is 0 Å². The average Bonchev–Trinajstić information content (AvgIpc) is 3.67. The summed E-state index contributed by atoms with van der Waals surface area (Å²) >= 11 is 0. The number of aliphatic hydroxyl groups is 1. The monoisotopic (exact) mass is 727 g/mol. The van der Waals surface area contributed by atoms with E-state index < -0.39 is 5.60 Å². The standard InChI is InChI=1S/C45H78N2O5/c1-12-14-31-38-37(29(5)23-32(51-38)39(49-13-2)41(8,9)48)42(10)19-20-45-27-44(45)18-17-35(40(6,7)33(44)15-16-34(45)43(31,42)11)52-36-26-46(21-22-50-36)30-24-47(25-30)28(3)4/h28-39,48H,12-27H2,1-11H3/t29-,31+,32-,33+,34+,35+,36+,37+,38-,39+,42-,43+,44?,45+/m1/s1. The van der Waals surface area contributed by atoms with Gasteiger partial charge in [-0.05, 0) is 149 Å². The van der Waals surface area contributed by atoms with E-state index >= 15 is 0 Å². The number of hydrogen-bond donors (Lipinski definition) is 1. The van der Waals surface area contributed by atoms with Gasteiger partial charge in [0.15, 0.2) is 6.29 Å². The highest BCUT2D eigenvalue weighted by atomic mass is 16.7. The van der Waals surface area contributed by atoms with E-state index in [1.54, 1.807) is 0 Å². The fraction of sp³-hybridized carbons (Fsp3) is 1.00. The van der Waals surface area contributed by atoms with Crippen LogP contribution in [0.2, 0.25) is 0 Å². The van der Waals surface area contributed by atoms with Crippen LogP contribution in [0.25, 0.3) is 0 Å². The molecular formula is C45H78N2O5. The Labute approximate surface area is 318 Å². The van der Waals surface area contributed by atoms with Gasteiger partial charge in [-0.2, -0.15) is 0 Å². The first-order chi connectivity index (χ1) is 24.5. The molecule has 0 aromatic heterocycles. The molecule has 8 fully saturated rings. The third-order valence-corrected chi connectivity index (χ3v) is 18.5. The van der Waals surface area contributed by atoms with Crippen LogP contribution >= 0.6 is 0 Å². The molecule has 298 valence electrons. The second kappa shape index (κ2) is 13.1. The van der Waals surface area contributed by atoms with Gasteiger partial charge in [0, 0.05) is 44.9 Å². The topological polar surface area (TPSA) is 63.6 Å². The van der Waals surface area contributed by atoms with E-state index in [-0.39, 0.29) is 47.0 Å². The fourth-order valence-corrected chi connectivity index (χ4v) is 16.1. The highest BCUT2D eigenvalue weighted by Gasteiger charge is 2.84. The van der Waals surface area contributed by atoms with Gasteiger partial charge in [0.05, 0.1) is 30.5 Å². The molecule has 8 rings (SSSR count). The lowest BCUT2D eigenvalue weighted by Crippen LogP contribution is -2.64. The number of morpholine rings is 1. The minimum Gasteiger partial charge on any atom is -0.388 e. The van der Waals surface area contributed by atoms with Gasteiger partial charge < -0.3 is 24.1 Å². The predicted octanol–water partition coefficient (Wildman–Crippen LogP) is 8.17. The quantitative estimate of drug-likeness (QED) is 0.244. The summed E-state index contributed by atoms with van der Waals surface area (Å²) in [6.07, 6.45) is 12.9. The Morgan fingerprint density at radius 3 is 2.33 bits per heavy atom. The van der Waals surface area contributed by atoms with Crippen LogP contribution in [0, 0.1) is 56.7 Å². The van der Waals surface area contributed by atoms with Gasteiger partial charge in [-0.3, -0.25) is 9.80 Å². The van der Waals surface area contributed by atoms with E-state index in [1.807, 2.05) is 13.8 Å². The largest absolute Gasteiger partial charge is 0.388 e. The molecule has 3 aliphatic heterocycles. The molecule has 1 N–H and O–H groups in total. The zero-order chi connectivity index (χ0) is 37.2. The van der Waals surface area contributed by atoms with E-state index in [9.17, 15) is 5.11 Å². The van der Waals surface area contributed by atoms with E-state index in [4.69, 9.17) is 18.9 Å². The van der Waals surface area contributed by atoms with Crippen LogP contribution in [0.1, 0.15) is 140 Å². The third-order valence-electron chi connectivity index (χ3n) is 18.5. The van der Waals surface area contributed by atoms with Crippen molar-refractivity contribution in [3.63, 3.8) is 0 Å². The average molecular weight is 727 g/mol. The minimum absolute atomic E-state index is 0.0559. The molecule has 5 aliphatic carbocycles. The molecule has 3 heterocycles. The Morgan fingerprint density at radius 1 is 0.942 bits per heavy atom. The van der Waals surface area contributed by atoms with Crippen LogP contribution in [0.15, 0.2) is 0 Å². The lowest BCUT2D eigenvalue weighted by molar-refractivity contribution is -0.253. The van der Waals surface area contributed by atoms with Crippen molar-refractivity contribution in [2.45, 2.75) is 189 Å². The molecule has 0 bridgehead atoms. The third kappa shape index (κ3) is 5.41. The molecule has 8 aliphatic rings. The Balaban J connectivity index is 1.02. The first-order valence-corrected chi connectivity index (χ1v) is 22.2. The highest BCUT2D eigenvalue weighted by molar-refractivity contribution is 5.32. The summed E-state index contributed by atoms with van der Waals surface area (Å²) in [7, 11) is 0. The Hall–Kier alpha value is -0.280. The smallest absolute Gasteiger partial charge is 0.170 e. The molecule has 3 saturated heterocycles. The molecule has 52 heavy (non-hydrogen) atoms. The predicted molar refractivity (Wildman–Crippen MR) is 207 cm³/mol. The normalized spacial score (nSPS) is 49.7. The maximum atomic E-state index is 11.3. The van der Waals surface area contributed by atoms with Gasteiger partial charge in [0.25, 0.3) is 0 Å². The zero-order valence-corrected chi connectivity index (χ0v) is 35.2. The summed E-state index contributed by atoms with van der Waals surface area (Å²) in [6.45, 7) is 31.8. The second-order valence-electron chi connectivity index (χ2n) is 21.7. The van der Waals surface area contributed by atoms with Crippen molar-refractivity contribution in [2.75, 3.05) is 39.4 Å². The maximum Gasteiger partial charge on any atom is 0.170 e. The molecule has 2 spiro atoms. The van der Waals surface area contributed by atoms with Gasteiger partial charge in [-0.25, -0.2) is 0 Å². The molecule has 7 heteroatoms. The summed E-state index contributed by atoms with van der Waals surface area (Å²) in [4.78, 5) is 5.24. The second-order valence-corrected chi connectivity index (χ2v) is 21.7. The van der Waals surface area contributed by atoms with Crippen molar-refractivity contribution in [2.24, 2.45) is 56.7 Å². The van der Waals surface area contributed by atoms with Crippen molar-refractivity contribution in [1.29, 1.82) is 0 Å². The lowest BCUT2D eigenvalue weighted by atomic mass is 9.40. The van der Waals surface area contributed by atoms with Crippen LogP contribution < -0.4 is 0 Å². The SMILES string of the molecule is CCC[C@H]1[C@H]2O[C@@H]([C@H](OCC)C(C)(C)O)C[C@@H](C)[C@@H]2[C@@]2(C)CC[C@@]34CC35CC[C@H](O[C@H]3CN(C6CN(C(C)C)C6)CCO3)C(C)(C)[C@@H]5CC[C@H]4[C@]12C.